The maximum Gasteiger partial charge on any atom is 0.0540 e. The lowest BCUT2D eigenvalue weighted by Crippen LogP contribution is -2.12. The number of hydrogen-bond donors (Lipinski definition) is 0. The Balaban J connectivity index is 0.998. The Labute approximate surface area is 375 Å². The summed E-state index contributed by atoms with van der Waals surface area (Å²) in [5.74, 6) is 0. The van der Waals surface area contributed by atoms with E-state index in [0.717, 1.165) is 39.7 Å². The van der Waals surface area contributed by atoms with E-state index in [9.17, 15) is 0 Å². The van der Waals surface area contributed by atoms with Gasteiger partial charge >= 0.3 is 0 Å². The van der Waals surface area contributed by atoms with E-state index in [4.69, 9.17) is 0 Å². The molecular weight excluding hydrogens is 773 g/mol. The molecule has 2 nitrogen and oxygen atoms in total. The highest BCUT2D eigenvalue weighted by Gasteiger charge is 2.20. The van der Waals surface area contributed by atoms with Crippen LogP contribution >= 0.6 is 0 Å². The first-order valence-corrected chi connectivity index (χ1v) is 21.9. The van der Waals surface area contributed by atoms with Gasteiger partial charge in [-0.25, -0.2) is 0 Å². The van der Waals surface area contributed by atoms with Gasteiger partial charge in [-0.15, -0.1) is 0 Å². The molecule has 0 amide bonds. The standard InChI is InChI=1S/C62H44N2/c1-6-20-46(21-7-1)55-30-18-19-33-60(55)64(51-28-14-5-15-29-51)54-41-39-53(40-42-54)63(50-26-12-4-13-27-50)52-37-34-45(35-38-52)49-36-43-58-59(44-49)62(48-24-10-3-11-25-48)57-32-17-16-31-56(57)61(58)47-22-8-2-9-23-47/h1-44H. The molecule has 0 radical (unpaired) electrons. The van der Waals surface area contributed by atoms with Crippen molar-refractivity contribution in [3.63, 3.8) is 0 Å². The Morgan fingerprint density at radius 2 is 0.562 bits per heavy atom. The highest BCUT2D eigenvalue weighted by Crippen LogP contribution is 2.46. The summed E-state index contributed by atoms with van der Waals surface area (Å²) in [6.07, 6.45) is 0. The van der Waals surface area contributed by atoms with Crippen molar-refractivity contribution >= 4 is 55.7 Å². The van der Waals surface area contributed by atoms with E-state index < -0.39 is 0 Å². The van der Waals surface area contributed by atoms with Gasteiger partial charge in [0, 0.05) is 34.0 Å². The van der Waals surface area contributed by atoms with Crippen molar-refractivity contribution in [3.05, 3.63) is 267 Å². The van der Waals surface area contributed by atoms with Gasteiger partial charge in [0.15, 0.2) is 0 Å². The highest BCUT2D eigenvalue weighted by molar-refractivity contribution is 6.22. The first kappa shape index (κ1) is 38.5. The monoisotopic (exact) mass is 816 g/mol. The Bertz CT molecular complexity index is 3330. The lowest BCUT2D eigenvalue weighted by molar-refractivity contribution is 1.26. The van der Waals surface area contributed by atoms with E-state index in [1.165, 1.54) is 60.5 Å². The van der Waals surface area contributed by atoms with Gasteiger partial charge in [0.1, 0.15) is 0 Å². The summed E-state index contributed by atoms with van der Waals surface area (Å²) in [5.41, 5.74) is 16.2. The van der Waals surface area contributed by atoms with Crippen LogP contribution in [0.15, 0.2) is 267 Å². The summed E-state index contributed by atoms with van der Waals surface area (Å²) in [4.78, 5) is 4.69. The SMILES string of the molecule is c1ccc(-c2ccccc2N(c2ccccc2)c2ccc(N(c3ccccc3)c3ccc(-c4ccc5c(-c6ccccc6)c6ccccc6c(-c6ccccc6)c5c4)cc3)cc2)cc1. The van der Waals surface area contributed by atoms with Gasteiger partial charge in [-0.1, -0.05) is 194 Å². The van der Waals surface area contributed by atoms with Crippen LogP contribution in [0.2, 0.25) is 0 Å². The number of hydrogen-bond acceptors (Lipinski definition) is 2. The van der Waals surface area contributed by atoms with E-state index in [2.05, 4.69) is 277 Å². The minimum atomic E-state index is 1.07. The van der Waals surface area contributed by atoms with Crippen LogP contribution in [0, 0.1) is 0 Å². The molecule has 0 bridgehead atoms. The summed E-state index contributed by atoms with van der Waals surface area (Å²) in [6.45, 7) is 0. The van der Waals surface area contributed by atoms with E-state index in [-0.39, 0.29) is 0 Å². The number of nitrogens with zero attached hydrogens (tertiary/aromatic N) is 2. The third kappa shape index (κ3) is 7.27. The van der Waals surface area contributed by atoms with Crippen molar-refractivity contribution < 1.29 is 0 Å². The molecule has 11 aromatic rings. The topological polar surface area (TPSA) is 6.48 Å². The summed E-state index contributed by atoms with van der Waals surface area (Å²) in [7, 11) is 0. The van der Waals surface area contributed by atoms with Crippen molar-refractivity contribution in [2.45, 2.75) is 0 Å². The fourth-order valence-corrected chi connectivity index (χ4v) is 9.30. The summed E-state index contributed by atoms with van der Waals surface area (Å²) < 4.78 is 0. The molecule has 302 valence electrons. The van der Waals surface area contributed by atoms with Gasteiger partial charge in [0.25, 0.3) is 0 Å². The van der Waals surface area contributed by atoms with Crippen molar-refractivity contribution in [1.82, 2.24) is 0 Å². The number of rotatable bonds is 10. The fraction of sp³-hybridized carbons (Fsp3) is 0. The van der Waals surface area contributed by atoms with Crippen molar-refractivity contribution in [2.24, 2.45) is 0 Å². The van der Waals surface area contributed by atoms with E-state index >= 15 is 0 Å². The van der Waals surface area contributed by atoms with Crippen LogP contribution in [0.1, 0.15) is 0 Å². The third-order valence-electron chi connectivity index (χ3n) is 12.2. The average molecular weight is 817 g/mol. The smallest absolute Gasteiger partial charge is 0.0540 e. The molecule has 0 heterocycles. The van der Waals surface area contributed by atoms with Gasteiger partial charge < -0.3 is 9.80 Å². The Morgan fingerprint density at radius 1 is 0.203 bits per heavy atom. The molecule has 11 aromatic carbocycles. The molecule has 0 spiro atoms. The molecule has 0 aliphatic heterocycles. The van der Waals surface area contributed by atoms with Gasteiger partial charge in [-0.2, -0.15) is 0 Å². The average Bonchev–Trinajstić information content (AvgIpc) is 3.38. The highest BCUT2D eigenvalue weighted by atomic mass is 15.2. The second kappa shape index (κ2) is 17.1. The fourth-order valence-electron chi connectivity index (χ4n) is 9.30. The van der Waals surface area contributed by atoms with E-state index in [0.29, 0.717) is 0 Å². The lowest BCUT2D eigenvalue weighted by Gasteiger charge is -2.29. The minimum Gasteiger partial charge on any atom is -0.311 e. The molecule has 0 fully saturated rings. The maximum absolute atomic E-state index is 2.40. The number of fused-ring (bicyclic) bond motifs is 2. The largest absolute Gasteiger partial charge is 0.311 e. The van der Waals surface area contributed by atoms with Crippen molar-refractivity contribution in [3.8, 4) is 44.5 Å². The Morgan fingerprint density at radius 3 is 1.11 bits per heavy atom. The van der Waals surface area contributed by atoms with Gasteiger partial charge in [0.05, 0.1) is 5.69 Å². The molecule has 0 saturated heterocycles. The second-order valence-corrected chi connectivity index (χ2v) is 16.1. The van der Waals surface area contributed by atoms with Gasteiger partial charge in [-0.05, 0) is 133 Å². The molecule has 11 rings (SSSR count). The van der Waals surface area contributed by atoms with E-state index in [1.807, 2.05) is 0 Å². The van der Waals surface area contributed by atoms with Crippen LogP contribution in [0.5, 0.6) is 0 Å². The zero-order valence-corrected chi connectivity index (χ0v) is 35.3. The summed E-state index contributed by atoms with van der Waals surface area (Å²) in [5, 5.41) is 5.00. The van der Waals surface area contributed by atoms with Crippen LogP contribution in [0.25, 0.3) is 66.1 Å². The molecule has 0 saturated carbocycles. The molecule has 0 aromatic heterocycles. The first-order valence-electron chi connectivity index (χ1n) is 21.9. The molecule has 2 heteroatoms. The zero-order chi connectivity index (χ0) is 42.7. The van der Waals surface area contributed by atoms with Gasteiger partial charge in [0.2, 0.25) is 0 Å². The van der Waals surface area contributed by atoms with Crippen LogP contribution in [-0.2, 0) is 0 Å². The molecule has 0 N–H and O–H groups in total. The minimum absolute atomic E-state index is 1.07. The summed E-state index contributed by atoms with van der Waals surface area (Å²) >= 11 is 0. The second-order valence-electron chi connectivity index (χ2n) is 16.1. The summed E-state index contributed by atoms with van der Waals surface area (Å²) in [6, 6.07) is 96.1. The molecule has 64 heavy (non-hydrogen) atoms. The first-order chi connectivity index (χ1) is 31.8. The maximum atomic E-state index is 2.40. The van der Waals surface area contributed by atoms with Crippen molar-refractivity contribution in [2.75, 3.05) is 9.80 Å². The van der Waals surface area contributed by atoms with Crippen LogP contribution in [0.3, 0.4) is 0 Å². The normalized spacial score (nSPS) is 11.1. The molecule has 0 unspecified atom stereocenters. The molecular formula is C62H44N2. The third-order valence-corrected chi connectivity index (χ3v) is 12.2. The Kier molecular flexibility index (Phi) is 10.3. The molecule has 0 aliphatic carbocycles. The van der Waals surface area contributed by atoms with Crippen LogP contribution in [0.4, 0.5) is 34.1 Å². The van der Waals surface area contributed by atoms with Crippen LogP contribution in [-0.4, -0.2) is 0 Å². The predicted octanol–water partition coefficient (Wildman–Crippen LogP) is 17.6. The molecule has 0 aliphatic rings. The zero-order valence-electron chi connectivity index (χ0n) is 35.3. The quantitative estimate of drug-likeness (QED) is 0.127. The van der Waals surface area contributed by atoms with Crippen LogP contribution < -0.4 is 9.80 Å². The number of para-hydroxylation sites is 3. The number of benzene rings is 11. The van der Waals surface area contributed by atoms with Gasteiger partial charge in [-0.3, -0.25) is 0 Å². The lowest BCUT2D eigenvalue weighted by atomic mass is 9.85. The molecule has 0 atom stereocenters. The van der Waals surface area contributed by atoms with E-state index in [1.54, 1.807) is 0 Å². The Hall–Kier alpha value is -8.46. The van der Waals surface area contributed by atoms with Crippen molar-refractivity contribution in [1.29, 1.82) is 0 Å². The number of anilines is 6. The predicted molar refractivity (Wildman–Crippen MR) is 273 cm³/mol.